The molecule has 2 rings (SSSR count). The van der Waals surface area contributed by atoms with Crippen molar-refractivity contribution in [1.29, 1.82) is 0 Å². The molecule has 1 atom stereocenters. The minimum absolute atomic E-state index is 0.246. The van der Waals surface area contributed by atoms with Crippen LogP contribution < -0.4 is 15.5 Å². The van der Waals surface area contributed by atoms with Crippen LogP contribution in [0.5, 0.6) is 0 Å². The molecule has 0 saturated carbocycles. The van der Waals surface area contributed by atoms with Crippen LogP contribution in [0.2, 0.25) is 0 Å². The molecule has 0 bridgehead atoms. The minimum atomic E-state index is -0.246. The molecule has 8 heteroatoms. The molecule has 1 aromatic rings. The molecule has 1 heterocycles. The third-order valence-corrected chi connectivity index (χ3v) is 6.12. The van der Waals surface area contributed by atoms with Crippen molar-refractivity contribution in [2.24, 2.45) is 4.99 Å². The number of rotatable bonds is 11. The maximum absolute atomic E-state index is 15.1. The van der Waals surface area contributed by atoms with E-state index in [4.69, 9.17) is 4.74 Å². The van der Waals surface area contributed by atoms with Gasteiger partial charge in [-0.05, 0) is 39.9 Å². The van der Waals surface area contributed by atoms with Gasteiger partial charge in [0.2, 0.25) is 0 Å². The molecule has 1 aliphatic heterocycles. The molecule has 0 aliphatic carbocycles. The highest BCUT2D eigenvalue weighted by Gasteiger charge is 2.24. The van der Waals surface area contributed by atoms with E-state index >= 15 is 4.39 Å². The van der Waals surface area contributed by atoms with E-state index in [0.29, 0.717) is 24.8 Å². The predicted molar refractivity (Wildman–Crippen MR) is 125 cm³/mol. The Morgan fingerprint density at radius 2 is 2.17 bits per heavy atom. The first kappa shape index (κ1) is 23.7. The number of nitrogens with zero attached hydrogens (tertiary/aromatic N) is 3. The Hall–Kier alpha value is -1.61. The molecular formula is C21H34FN5OS. The summed E-state index contributed by atoms with van der Waals surface area (Å²) >= 11 is 1.53. The van der Waals surface area contributed by atoms with Crippen molar-refractivity contribution in [3.63, 3.8) is 0 Å². The molecule has 0 spiro atoms. The lowest BCUT2D eigenvalue weighted by molar-refractivity contribution is 0.153. The summed E-state index contributed by atoms with van der Waals surface area (Å²) in [6, 6.07) is 3.94. The number of hydrogen-bond donors (Lipinski definition) is 2. The van der Waals surface area contributed by atoms with Crippen LogP contribution in [0.3, 0.4) is 0 Å². The van der Waals surface area contributed by atoms with Crippen LogP contribution in [-0.2, 0) is 4.74 Å². The molecule has 0 radical (unpaired) electrons. The van der Waals surface area contributed by atoms with Crippen LogP contribution in [-0.4, -0.2) is 83.9 Å². The molecule has 29 heavy (non-hydrogen) atoms. The smallest absolute Gasteiger partial charge is 0.133 e. The van der Waals surface area contributed by atoms with Crippen LogP contribution in [0.25, 0.3) is 4.91 Å². The first-order valence-electron chi connectivity index (χ1n) is 9.99. The molecule has 6 nitrogen and oxygen atoms in total. The number of ether oxygens (including phenoxy) is 1. The van der Waals surface area contributed by atoms with E-state index in [1.807, 2.05) is 20.2 Å². The zero-order valence-corrected chi connectivity index (χ0v) is 18.8. The standard InChI is InChI=1S/C21H34FN5OS/c1-16-15-27(8-7-26(16)5)20-13-18(22)17(12-19(20)25-4)21(14-24-3)29-11-10-28-9-6-23-2/h12-14,16,23,25H,3,6-11,15H2,1-2,4-5H3/b21-14-. The number of likely N-dealkylation sites (N-methyl/N-ethyl adjacent to an activating group) is 2. The highest BCUT2D eigenvalue weighted by molar-refractivity contribution is 8.08. The summed E-state index contributed by atoms with van der Waals surface area (Å²) in [6.45, 7) is 10.5. The number of hydrogen-bond acceptors (Lipinski definition) is 7. The summed E-state index contributed by atoms with van der Waals surface area (Å²) in [4.78, 5) is 9.21. The Balaban J connectivity index is 2.16. The maximum atomic E-state index is 15.1. The lowest BCUT2D eigenvalue weighted by atomic mass is 10.1. The van der Waals surface area contributed by atoms with Crippen molar-refractivity contribution in [3.8, 4) is 0 Å². The first-order valence-corrected chi connectivity index (χ1v) is 11.0. The topological polar surface area (TPSA) is 52.1 Å². The van der Waals surface area contributed by atoms with Crippen molar-refractivity contribution < 1.29 is 9.13 Å². The van der Waals surface area contributed by atoms with Crippen LogP contribution >= 0.6 is 11.8 Å². The number of aliphatic imine (C=N–C) groups is 1. The van der Waals surface area contributed by atoms with Gasteiger partial charge in [-0.25, -0.2) is 4.39 Å². The highest BCUT2D eigenvalue weighted by atomic mass is 32.2. The molecule has 1 unspecified atom stereocenters. The second kappa shape index (κ2) is 12.2. The SMILES string of the molecule is C=N/C=C(\SCCOCCNC)c1cc(NC)c(N2CCN(C)C(C)C2)cc1F. The average molecular weight is 424 g/mol. The molecule has 0 amide bonds. The number of nitrogens with one attached hydrogen (secondary N) is 2. The van der Waals surface area contributed by atoms with E-state index in [2.05, 4.69) is 46.1 Å². The molecule has 162 valence electrons. The van der Waals surface area contributed by atoms with Gasteiger partial charge in [0.1, 0.15) is 5.82 Å². The lowest BCUT2D eigenvalue weighted by Crippen LogP contribution is -2.50. The summed E-state index contributed by atoms with van der Waals surface area (Å²) in [5, 5.41) is 6.28. The van der Waals surface area contributed by atoms with Crippen molar-refractivity contribution in [2.75, 3.05) is 76.5 Å². The van der Waals surface area contributed by atoms with Gasteiger partial charge in [-0.15, -0.1) is 11.8 Å². The van der Waals surface area contributed by atoms with Gasteiger partial charge < -0.3 is 25.2 Å². The van der Waals surface area contributed by atoms with Crippen LogP contribution in [0.15, 0.2) is 23.3 Å². The predicted octanol–water partition coefficient (Wildman–Crippen LogP) is 2.98. The van der Waals surface area contributed by atoms with E-state index in [1.54, 1.807) is 12.3 Å². The Kier molecular flexibility index (Phi) is 9.93. The average Bonchev–Trinajstić information content (AvgIpc) is 2.71. The van der Waals surface area contributed by atoms with Crippen molar-refractivity contribution >= 4 is 34.8 Å². The zero-order valence-electron chi connectivity index (χ0n) is 18.0. The largest absolute Gasteiger partial charge is 0.386 e. The second-order valence-corrected chi connectivity index (χ2v) is 8.25. The molecular weight excluding hydrogens is 389 g/mol. The first-order chi connectivity index (χ1) is 14.0. The van der Waals surface area contributed by atoms with Crippen LogP contribution in [0.1, 0.15) is 12.5 Å². The fourth-order valence-corrected chi connectivity index (χ4v) is 4.12. The molecule has 1 fully saturated rings. The molecule has 2 N–H and O–H groups in total. The third kappa shape index (κ3) is 6.70. The number of halogens is 1. The minimum Gasteiger partial charge on any atom is -0.386 e. The van der Waals surface area contributed by atoms with Crippen molar-refractivity contribution in [3.05, 3.63) is 29.7 Å². The van der Waals surface area contributed by atoms with Crippen molar-refractivity contribution in [2.45, 2.75) is 13.0 Å². The molecule has 1 aliphatic rings. The Bertz CT molecular complexity index is 700. The van der Waals surface area contributed by atoms with Crippen LogP contribution in [0.4, 0.5) is 15.8 Å². The summed E-state index contributed by atoms with van der Waals surface area (Å²) in [5.41, 5.74) is 2.35. The lowest BCUT2D eigenvalue weighted by Gasteiger charge is -2.39. The summed E-state index contributed by atoms with van der Waals surface area (Å²) in [7, 11) is 5.89. The zero-order chi connectivity index (χ0) is 21.2. The number of anilines is 2. The number of piperazine rings is 1. The van der Waals surface area contributed by atoms with E-state index < -0.39 is 0 Å². The van der Waals surface area contributed by atoms with Gasteiger partial charge in [0.25, 0.3) is 0 Å². The number of benzene rings is 1. The van der Waals surface area contributed by atoms with E-state index in [1.165, 1.54) is 11.8 Å². The van der Waals surface area contributed by atoms with Crippen LogP contribution in [0, 0.1) is 5.82 Å². The Morgan fingerprint density at radius 1 is 1.38 bits per heavy atom. The van der Waals surface area contributed by atoms with E-state index in [0.717, 1.165) is 48.2 Å². The molecule has 0 aromatic heterocycles. The monoisotopic (exact) mass is 423 g/mol. The van der Waals surface area contributed by atoms with Gasteiger partial charge in [-0.2, -0.15) is 0 Å². The fourth-order valence-electron chi connectivity index (χ4n) is 3.24. The van der Waals surface area contributed by atoms with Crippen molar-refractivity contribution in [1.82, 2.24) is 10.2 Å². The Morgan fingerprint density at radius 3 is 2.83 bits per heavy atom. The fraction of sp³-hybridized carbons (Fsp3) is 0.571. The van der Waals surface area contributed by atoms with Gasteiger partial charge >= 0.3 is 0 Å². The maximum Gasteiger partial charge on any atom is 0.133 e. The Labute approximate surface area is 178 Å². The summed E-state index contributed by atoms with van der Waals surface area (Å²) < 4.78 is 20.7. The summed E-state index contributed by atoms with van der Waals surface area (Å²) in [6.07, 6.45) is 1.62. The molecule has 1 saturated heterocycles. The van der Waals surface area contributed by atoms with E-state index in [9.17, 15) is 0 Å². The quantitative estimate of drug-likeness (QED) is 0.422. The van der Waals surface area contributed by atoms with E-state index in [-0.39, 0.29) is 5.82 Å². The second-order valence-electron chi connectivity index (χ2n) is 7.12. The molecule has 1 aromatic carbocycles. The van der Waals surface area contributed by atoms with Gasteiger partial charge in [-0.1, -0.05) is 0 Å². The van der Waals surface area contributed by atoms with Gasteiger partial charge in [0.15, 0.2) is 0 Å². The van der Waals surface area contributed by atoms with Gasteiger partial charge in [-0.3, -0.25) is 4.99 Å². The number of thioether (sulfide) groups is 1. The van der Waals surface area contributed by atoms with Gasteiger partial charge in [0, 0.05) is 61.7 Å². The van der Waals surface area contributed by atoms with Gasteiger partial charge in [0.05, 0.1) is 24.6 Å². The normalized spacial score (nSPS) is 18.2. The summed E-state index contributed by atoms with van der Waals surface area (Å²) in [5.74, 6) is 0.473. The highest BCUT2D eigenvalue weighted by Crippen LogP contribution is 2.36. The third-order valence-electron chi connectivity index (χ3n) is 5.11.